The van der Waals surface area contributed by atoms with Gasteiger partial charge >= 0.3 is 5.97 Å². The van der Waals surface area contributed by atoms with Gasteiger partial charge < -0.3 is 9.51 Å². The largest absolute Gasteiger partial charge is 0.481 e. The zero-order chi connectivity index (χ0) is 11.0. The molecule has 0 fully saturated rings. The minimum atomic E-state index is -0.902. The highest BCUT2D eigenvalue weighted by Gasteiger charge is 2.08. The number of carboxylic acid groups (broad SMARTS) is 1. The molecule has 6 heteroatoms. The van der Waals surface area contributed by atoms with Crippen molar-refractivity contribution in [2.75, 3.05) is 0 Å². The molecule has 0 aliphatic rings. The Bertz CT molecular complexity index is 538. The summed E-state index contributed by atoms with van der Waals surface area (Å²) in [5.74, 6) is -0.902. The molecule has 2 aromatic heterocycles. The number of carboxylic acids is 1. The standard InChI is InChI=1S/C9H6BrClN2O2/c10-7-1-5(11)3-13-4-6(2-8(14)15)12-9(7)13/h1,3-4H,2H2,(H,14,15). The molecule has 2 heterocycles. The van der Waals surface area contributed by atoms with Crippen LogP contribution in [0.15, 0.2) is 22.9 Å². The van der Waals surface area contributed by atoms with Crippen LogP contribution in [0.2, 0.25) is 5.02 Å². The Balaban J connectivity index is 2.55. The zero-order valence-corrected chi connectivity index (χ0v) is 9.79. The fourth-order valence-electron chi connectivity index (χ4n) is 1.32. The van der Waals surface area contributed by atoms with Gasteiger partial charge in [0.2, 0.25) is 0 Å². The Morgan fingerprint density at radius 2 is 2.33 bits per heavy atom. The molecule has 2 rings (SSSR count). The van der Waals surface area contributed by atoms with Gasteiger partial charge in [-0.3, -0.25) is 4.79 Å². The third-order valence-corrected chi connectivity index (χ3v) is 2.65. The SMILES string of the molecule is O=C(O)Cc1cn2cc(Cl)cc(Br)c2n1. The summed E-state index contributed by atoms with van der Waals surface area (Å²) in [6.45, 7) is 0. The van der Waals surface area contributed by atoms with Crippen LogP contribution in [0.4, 0.5) is 0 Å². The lowest BCUT2D eigenvalue weighted by molar-refractivity contribution is -0.136. The third-order valence-electron chi connectivity index (χ3n) is 1.86. The van der Waals surface area contributed by atoms with Crippen LogP contribution in [0.1, 0.15) is 5.69 Å². The van der Waals surface area contributed by atoms with Crippen molar-refractivity contribution < 1.29 is 9.90 Å². The van der Waals surface area contributed by atoms with Crippen LogP contribution in [0.3, 0.4) is 0 Å². The van der Waals surface area contributed by atoms with Crippen LogP contribution in [-0.2, 0) is 11.2 Å². The van der Waals surface area contributed by atoms with Gasteiger partial charge in [0.15, 0.2) is 5.65 Å². The first kappa shape index (κ1) is 10.4. The second-order valence-corrected chi connectivity index (χ2v) is 4.33. The average Bonchev–Trinajstić information content (AvgIpc) is 2.45. The summed E-state index contributed by atoms with van der Waals surface area (Å²) in [6, 6.07) is 1.72. The van der Waals surface area contributed by atoms with Crippen LogP contribution in [-0.4, -0.2) is 20.5 Å². The normalized spacial score (nSPS) is 10.8. The molecule has 0 aromatic carbocycles. The molecule has 78 valence electrons. The Labute approximate surface area is 98.6 Å². The number of nitrogens with zero attached hydrogens (tertiary/aromatic N) is 2. The van der Waals surface area contributed by atoms with E-state index in [1.54, 1.807) is 22.9 Å². The van der Waals surface area contributed by atoms with Crippen LogP contribution in [0.25, 0.3) is 5.65 Å². The van der Waals surface area contributed by atoms with Gasteiger partial charge in [-0.2, -0.15) is 0 Å². The fraction of sp³-hybridized carbons (Fsp3) is 0.111. The fourth-order valence-corrected chi connectivity index (χ4v) is 2.20. The summed E-state index contributed by atoms with van der Waals surface area (Å²) in [5.41, 5.74) is 1.17. The van der Waals surface area contributed by atoms with Crippen molar-refractivity contribution >= 4 is 39.1 Å². The number of fused-ring (bicyclic) bond motifs is 1. The molecule has 0 radical (unpaired) electrons. The Morgan fingerprint density at radius 1 is 1.60 bits per heavy atom. The second-order valence-electron chi connectivity index (χ2n) is 3.04. The zero-order valence-electron chi connectivity index (χ0n) is 7.44. The number of pyridine rings is 1. The summed E-state index contributed by atoms with van der Waals surface area (Å²) >= 11 is 9.16. The van der Waals surface area contributed by atoms with Gasteiger partial charge in [-0.25, -0.2) is 4.98 Å². The number of hydrogen-bond acceptors (Lipinski definition) is 2. The average molecular weight is 290 g/mol. The molecule has 0 saturated heterocycles. The smallest absolute Gasteiger partial charge is 0.309 e. The minimum Gasteiger partial charge on any atom is -0.481 e. The highest BCUT2D eigenvalue weighted by Crippen LogP contribution is 2.22. The number of halogens is 2. The predicted molar refractivity (Wildman–Crippen MR) is 59.2 cm³/mol. The Hall–Kier alpha value is -1.07. The molecule has 0 spiro atoms. The third kappa shape index (κ3) is 2.13. The van der Waals surface area contributed by atoms with Crippen molar-refractivity contribution in [3.05, 3.63) is 33.6 Å². The summed E-state index contributed by atoms with van der Waals surface area (Å²) in [6.07, 6.45) is 3.24. The Morgan fingerprint density at radius 3 is 3.00 bits per heavy atom. The lowest BCUT2D eigenvalue weighted by Crippen LogP contribution is -1.99. The van der Waals surface area contributed by atoms with E-state index in [1.165, 1.54) is 0 Å². The van der Waals surface area contributed by atoms with E-state index in [1.807, 2.05) is 0 Å². The molecule has 4 nitrogen and oxygen atoms in total. The van der Waals surface area contributed by atoms with Gasteiger partial charge in [-0.15, -0.1) is 0 Å². The molecule has 1 N–H and O–H groups in total. The number of aromatic nitrogens is 2. The van der Waals surface area contributed by atoms with E-state index in [4.69, 9.17) is 16.7 Å². The first-order valence-corrected chi connectivity index (χ1v) is 5.28. The van der Waals surface area contributed by atoms with Crippen LogP contribution in [0, 0.1) is 0 Å². The number of carbonyl (C=O) groups is 1. The minimum absolute atomic E-state index is 0.0915. The van der Waals surface area contributed by atoms with Gasteiger partial charge in [-0.05, 0) is 22.0 Å². The van der Waals surface area contributed by atoms with Gasteiger partial charge in [0.05, 0.1) is 21.6 Å². The first-order valence-electron chi connectivity index (χ1n) is 4.10. The maximum Gasteiger partial charge on any atom is 0.309 e. The molecule has 2 aromatic rings. The number of hydrogen-bond donors (Lipinski definition) is 1. The molecule has 0 atom stereocenters. The predicted octanol–water partition coefficient (Wildman–Crippen LogP) is 2.38. The molecule has 15 heavy (non-hydrogen) atoms. The highest BCUT2D eigenvalue weighted by molar-refractivity contribution is 9.10. The molecule has 0 saturated carbocycles. The number of rotatable bonds is 2. The highest BCUT2D eigenvalue weighted by atomic mass is 79.9. The van der Waals surface area contributed by atoms with Gasteiger partial charge in [0.1, 0.15) is 0 Å². The van der Waals surface area contributed by atoms with Gasteiger partial charge in [0.25, 0.3) is 0 Å². The summed E-state index contributed by atoms with van der Waals surface area (Å²) in [5, 5.41) is 9.19. The molecular weight excluding hydrogens is 283 g/mol. The molecule has 0 aliphatic heterocycles. The van der Waals surface area contributed by atoms with E-state index >= 15 is 0 Å². The molecule has 0 bridgehead atoms. The lowest BCUT2D eigenvalue weighted by Gasteiger charge is -1.96. The van der Waals surface area contributed by atoms with Crippen molar-refractivity contribution in [3.63, 3.8) is 0 Å². The monoisotopic (exact) mass is 288 g/mol. The summed E-state index contributed by atoms with van der Waals surface area (Å²) in [7, 11) is 0. The van der Waals surface area contributed by atoms with Gasteiger partial charge in [0, 0.05) is 12.4 Å². The van der Waals surface area contributed by atoms with Crippen molar-refractivity contribution in [3.8, 4) is 0 Å². The van der Waals surface area contributed by atoms with E-state index in [0.29, 0.717) is 16.4 Å². The van der Waals surface area contributed by atoms with E-state index in [9.17, 15) is 4.79 Å². The lowest BCUT2D eigenvalue weighted by atomic mass is 10.3. The number of imidazole rings is 1. The maximum atomic E-state index is 10.5. The van der Waals surface area contributed by atoms with Crippen molar-refractivity contribution in [1.82, 2.24) is 9.38 Å². The van der Waals surface area contributed by atoms with Crippen LogP contribution < -0.4 is 0 Å². The first-order chi connectivity index (χ1) is 7.06. The van der Waals surface area contributed by atoms with Crippen molar-refractivity contribution in [2.24, 2.45) is 0 Å². The summed E-state index contributed by atoms with van der Waals surface area (Å²) in [4.78, 5) is 14.7. The molecular formula is C9H6BrClN2O2. The number of aliphatic carboxylic acids is 1. The van der Waals surface area contributed by atoms with Gasteiger partial charge in [-0.1, -0.05) is 11.6 Å². The van der Waals surface area contributed by atoms with Crippen molar-refractivity contribution in [1.29, 1.82) is 0 Å². The van der Waals surface area contributed by atoms with Crippen molar-refractivity contribution in [2.45, 2.75) is 6.42 Å². The van der Waals surface area contributed by atoms with E-state index in [2.05, 4.69) is 20.9 Å². The van der Waals surface area contributed by atoms with Crippen LogP contribution >= 0.6 is 27.5 Å². The second kappa shape index (κ2) is 3.83. The van der Waals surface area contributed by atoms with Crippen LogP contribution in [0.5, 0.6) is 0 Å². The Kier molecular flexibility index (Phi) is 2.67. The topological polar surface area (TPSA) is 54.6 Å². The quantitative estimate of drug-likeness (QED) is 0.923. The molecule has 0 unspecified atom stereocenters. The molecule has 0 amide bonds. The summed E-state index contributed by atoms with van der Waals surface area (Å²) < 4.78 is 2.44. The van der Waals surface area contributed by atoms with E-state index in [0.717, 1.165) is 4.47 Å². The van der Waals surface area contributed by atoms with E-state index < -0.39 is 5.97 Å². The maximum absolute atomic E-state index is 10.5. The van der Waals surface area contributed by atoms with E-state index in [-0.39, 0.29) is 6.42 Å². The molecule has 0 aliphatic carbocycles.